The van der Waals surface area contributed by atoms with Crippen LogP contribution in [0.4, 0.5) is 4.39 Å². The molecule has 0 radical (unpaired) electrons. The summed E-state index contributed by atoms with van der Waals surface area (Å²) < 4.78 is 16.8. The number of hydrogen-bond donors (Lipinski definition) is 1. The van der Waals surface area contributed by atoms with Gasteiger partial charge in [-0.3, -0.25) is 0 Å². The summed E-state index contributed by atoms with van der Waals surface area (Å²) in [7, 11) is 0. The SMILES string of the molecule is Fc1ccccc1[C@H]1c2cccn2CCN1C(=S)NC1CCCCC1. The van der Waals surface area contributed by atoms with Crippen LogP contribution in [0, 0.1) is 5.82 Å². The summed E-state index contributed by atoms with van der Waals surface area (Å²) in [5.74, 6) is -0.174. The van der Waals surface area contributed by atoms with Gasteiger partial charge in [0.2, 0.25) is 0 Å². The smallest absolute Gasteiger partial charge is 0.170 e. The van der Waals surface area contributed by atoms with Crippen LogP contribution in [0.1, 0.15) is 49.4 Å². The number of thiocarbonyl (C=S) groups is 1. The van der Waals surface area contributed by atoms with Gasteiger partial charge < -0.3 is 14.8 Å². The van der Waals surface area contributed by atoms with Crippen LogP contribution in [0.2, 0.25) is 0 Å². The molecule has 1 aromatic heterocycles. The molecule has 25 heavy (non-hydrogen) atoms. The molecule has 1 aliphatic carbocycles. The van der Waals surface area contributed by atoms with E-state index in [1.54, 1.807) is 6.07 Å². The first-order valence-electron chi connectivity index (χ1n) is 9.20. The minimum atomic E-state index is -0.174. The third-order valence-electron chi connectivity index (χ3n) is 5.43. The summed E-state index contributed by atoms with van der Waals surface area (Å²) in [5, 5.41) is 4.31. The van der Waals surface area contributed by atoms with Crippen molar-refractivity contribution in [2.24, 2.45) is 0 Å². The van der Waals surface area contributed by atoms with Crippen molar-refractivity contribution < 1.29 is 4.39 Å². The monoisotopic (exact) mass is 357 g/mol. The van der Waals surface area contributed by atoms with E-state index in [-0.39, 0.29) is 11.9 Å². The molecule has 0 saturated heterocycles. The van der Waals surface area contributed by atoms with Gasteiger partial charge in [-0.25, -0.2) is 4.39 Å². The van der Waals surface area contributed by atoms with Gasteiger partial charge in [0.1, 0.15) is 5.82 Å². The minimum Gasteiger partial charge on any atom is -0.360 e. The number of benzene rings is 1. The Balaban J connectivity index is 1.64. The molecular weight excluding hydrogens is 333 g/mol. The number of aromatic nitrogens is 1. The zero-order chi connectivity index (χ0) is 17.2. The molecule has 0 bridgehead atoms. The lowest BCUT2D eigenvalue weighted by atomic mass is 9.95. The summed E-state index contributed by atoms with van der Waals surface area (Å²) in [6.07, 6.45) is 8.27. The Morgan fingerprint density at radius 3 is 2.64 bits per heavy atom. The Labute approximate surface area is 153 Å². The number of fused-ring (bicyclic) bond motifs is 1. The van der Waals surface area contributed by atoms with Gasteiger partial charge in [0, 0.05) is 36.6 Å². The van der Waals surface area contributed by atoms with E-state index in [1.807, 2.05) is 18.2 Å². The van der Waals surface area contributed by atoms with Crippen LogP contribution in [0.25, 0.3) is 0 Å². The van der Waals surface area contributed by atoms with Crippen molar-refractivity contribution in [3.63, 3.8) is 0 Å². The highest BCUT2D eigenvalue weighted by Crippen LogP contribution is 2.34. The lowest BCUT2D eigenvalue weighted by molar-refractivity contribution is 0.273. The van der Waals surface area contributed by atoms with Crippen molar-refractivity contribution in [2.75, 3.05) is 6.54 Å². The van der Waals surface area contributed by atoms with Crippen molar-refractivity contribution in [3.8, 4) is 0 Å². The van der Waals surface area contributed by atoms with Gasteiger partial charge >= 0.3 is 0 Å². The first-order valence-corrected chi connectivity index (χ1v) is 9.61. The molecule has 132 valence electrons. The van der Waals surface area contributed by atoms with Crippen LogP contribution < -0.4 is 5.32 Å². The predicted octanol–water partition coefficient (Wildman–Crippen LogP) is 4.24. The third-order valence-corrected chi connectivity index (χ3v) is 5.78. The molecular formula is C20H24FN3S. The molecule has 2 aliphatic rings. The Morgan fingerprint density at radius 1 is 1.04 bits per heavy atom. The van der Waals surface area contributed by atoms with Crippen LogP contribution in [0.3, 0.4) is 0 Å². The van der Waals surface area contributed by atoms with E-state index in [9.17, 15) is 4.39 Å². The van der Waals surface area contributed by atoms with Gasteiger partial charge in [-0.1, -0.05) is 37.5 Å². The van der Waals surface area contributed by atoms with Gasteiger partial charge in [-0.05, 0) is 43.3 Å². The standard InChI is InChI=1S/C20H24FN3S/c21-17-10-5-4-9-16(17)19-18-11-6-12-23(18)13-14-24(19)20(25)22-15-7-2-1-3-8-15/h4-6,9-12,15,19H,1-3,7-8,13-14H2,(H,22,25)/t19-/m0/s1. The van der Waals surface area contributed by atoms with Gasteiger partial charge in [-0.2, -0.15) is 0 Å². The van der Waals surface area contributed by atoms with Crippen LogP contribution in [0.5, 0.6) is 0 Å². The Kier molecular flexibility index (Phi) is 4.75. The van der Waals surface area contributed by atoms with Gasteiger partial charge in [0.05, 0.1) is 6.04 Å². The Morgan fingerprint density at radius 2 is 1.84 bits per heavy atom. The maximum Gasteiger partial charge on any atom is 0.170 e. The molecule has 1 N–H and O–H groups in total. The Hall–Kier alpha value is -1.88. The van der Waals surface area contributed by atoms with Crippen LogP contribution in [-0.2, 0) is 6.54 Å². The molecule has 1 aromatic carbocycles. The maximum atomic E-state index is 14.6. The van der Waals surface area contributed by atoms with Crippen molar-refractivity contribution in [3.05, 3.63) is 59.7 Å². The first-order chi connectivity index (χ1) is 12.2. The maximum absolute atomic E-state index is 14.6. The lowest BCUT2D eigenvalue weighted by Gasteiger charge is -2.40. The van der Waals surface area contributed by atoms with Crippen molar-refractivity contribution in [2.45, 2.75) is 50.7 Å². The molecule has 0 unspecified atom stereocenters. The number of nitrogens with one attached hydrogen (secondary N) is 1. The predicted molar refractivity (Wildman–Crippen MR) is 102 cm³/mol. The van der Waals surface area contributed by atoms with E-state index < -0.39 is 0 Å². The van der Waals surface area contributed by atoms with Crippen LogP contribution in [-0.4, -0.2) is 27.2 Å². The summed E-state index contributed by atoms with van der Waals surface area (Å²) in [5.41, 5.74) is 1.79. The average Bonchev–Trinajstić information content (AvgIpc) is 3.11. The van der Waals surface area contributed by atoms with Crippen LogP contribution >= 0.6 is 12.2 Å². The van der Waals surface area contributed by atoms with Gasteiger partial charge in [0.15, 0.2) is 5.11 Å². The van der Waals surface area contributed by atoms with Gasteiger partial charge in [0.25, 0.3) is 0 Å². The molecule has 1 atom stereocenters. The summed E-state index contributed by atoms with van der Waals surface area (Å²) >= 11 is 5.76. The zero-order valence-electron chi connectivity index (χ0n) is 14.3. The van der Waals surface area contributed by atoms with E-state index in [0.29, 0.717) is 11.6 Å². The highest BCUT2D eigenvalue weighted by molar-refractivity contribution is 7.80. The van der Waals surface area contributed by atoms with E-state index in [2.05, 4.69) is 27.0 Å². The highest BCUT2D eigenvalue weighted by Gasteiger charge is 2.32. The van der Waals surface area contributed by atoms with Crippen LogP contribution in [0.15, 0.2) is 42.6 Å². The molecule has 2 heterocycles. The van der Waals surface area contributed by atoms with E-state index >= 15 is 0 Å². The molecule has 1 saturated carbocycles. The molecule has 2 aromatic rings. The number of rotatable bonds is 2. The number of nitrogens with zero attached hydrogens (tertiary/aromatic N) is 2. The second-order valence-corrected chi connectivity index (χ2v) is 7.42. The molecule has 1 aliphatic heterocycles. The molecule has 4 rings (SSSR count). The lowest BCUT2D eigenvalue weighted by Crippen LogP contribution is -2.50. The first kappa shape index (κ1) is 16.6. The summed E-state index contributed by atoms with van der Waals surface area (Å²) in [6.45, 7) is 1.67. The van der Waals surface area contributed by atoms with E-state index in [0.717, 1.165) is 23.9 Å². The van der Waals surface area contributed by atoms with Crippen molar-refractivity contribution >= 4 is 17.3 Å². The Bertz CT molecular complexity index is 751. The molecule has 0 spiro atoms. The van der Waals surface area contributed by atoms with Gasteiger partial charge in [-0.15, -0.1) is 0 Å². The summed E-state index contributed by atoms with van der Waals surface area (Å²) in [4.78, 5) is 2.16. The van der Waals surface area contributed by atoms with Crippen molar-refractivity contribution in [1.82, 2.24) is 14.8 Å². The average molecular weight is 357 g/mol. The fourth-order valence-corrected chi connectivity index (χ4v) is 4.49. The minimum absolute atomic E-state index is 0.173. The second kappa shape index (κ2) is 7.16. The second-order valence-electron chi connectivity index (χ2n) is 7.03. The fourth-order valence-electron chi connectivity index (χ4n) is 4.13. The molecule has 1 fully saturated rings. The third kappa shape index (κ3) is 3.30. The van der Waals surface area contributed by atoms with E-state index in [4.69, 9.17) is 12.2 Å². The molecule has 0 amide bonds. The summed E-state index contributed by atoms with van der Waals surface area (Å²) in [6, 6.07) is 11.4. The normalized spacial score (nSPS) is 21.0. The molecule has 3 nitrogen and oxygen atoms in total. The zero-order valence-corrected chi connectivity index (χ0v) is 15.1. The van der Waals surface area contributed by atoms with E-state index in [1.165, 1.54) is 38.2 Å². The quantitative estimate of drug-likeness (QED) is 0.812. The van der Waals surface area contributed by atoms with Crippen molar-refractivity contribution in [1.29, 1.82) is 0 Å². The fraction of sp³-hybridized carbons (Fsp3) is 0.450. The largest absolute Gasteiger partial charge is 0.360 e. The number of halogens is 1. The number of hydrogen-bond acceptors (Lipinski definition) is 1. The topological polar surface area (TPSA) is 20.2 Å². The molecule has 5 heteroatoms. The highest BCUT2D eigenvalue weighted by atomic mass is 32.1.